The molecule has 54 heavy (non-hydrogen) atoms. The molecule has 0 saturated heterocycles. The number of amides is 1. The fourth-order valence-corrected chi connectivity index (χ4v) is 6.70. The molecule has 0 heterocycles. The van der Waals surface area contributed by atoms with Crippen molar-refractivity contribution >= 4 is 17.8 Å². The summed E-state index contributed by atoms with van der Waals surface area (Å²) in [6.07, 6.45) is 45.4. The van der Waals surface area contributed by atoms with Crippen LogP contribution in [0.25, 0.3) is 0 Å². The number of aliphatic hydroxyl groups excluding tert-OH is 1. The van der Waals surface area contributed by atoms with Crippen LogP contribution in [0.1, 0.15) is 213 Å². The smallest absolute Gasteiger partial charge is 0.331 e. The molecule has 0 aromatic carbocycles. The van der Waals surface area contributed by atoms with Crippen LogP contribution in [0.4, 0.5) is 0 Å². The van der Waals surface area contributed by atoms with Crippen LogP contribution in [0.2, 0.25) is 0 Å². The van der Waals surface area contributed by atoms with Gasteiger partial charge in [0.2, 0.25) is 5.91 Å². The number of carbonyl (C=O) groups excluding carboxylic acids is 2. The zero-order valence-corrected chi connectivity index (χ0v) is 35.2. The van der Waals surface area contributed by atoms with Crippen molar-refractivity contribution in [1.29, 1.82) is 5.41 Å². The van der Waals surface area contributed by atoms with E-state index in [1.54, 1.807) is 0 Å². The zero-order chi connectivity index (χ0) is 39.7. The Balaban J connectivity index is 4.56. The maximum absolute atomic E-state index is 13.1. The van der Waals surface area contributed by atoms with Crippen molar-refractivity contribution in [1.82, 2.24) is 10.6 Å². The number of hydrogen-bond acceptors (Lipinski definition) is 6. The Bertz CT molecular complexity index is 928. The van der Waals surface area contributed by atoms with Gasteiger partial charge in [0.25, 0.3) is 0 Å². The number of ether oxygens (including phenoxy) is 1. The topological polar surface area (TPSA) is 164 Å². The molecule has 0 aliphatic carbocycles. The van der Waals surface area contributed by atoms with Gasteiger partial charge in [-0.1, -0.05) is 147 Å². The molecule has 0 radical (unpaired) electrons. The summed E-state index contributed by atoms with van der Waals surface area (Å²) in [6.45, 7) is 4.41. The van der Waals surface area contributed by atoms with Crippen LogP contribution in [0, 0.1) is 5.41 Å². The number of allylic oxidation sites excluding steroid dienone is 4. The lowest BCUT2D eigenvalue weighted by molar-refractivity contribution is -0.155. The highest BCUT2D eigenvalue weighted by molar-refractivity contribution is 5.87. The van der Waals surface area contributed by atoms with E-state index in [4.69, 9.17) is 21.6 Å². The van der Waals surface area contributed by atoms with E-state index in [1.165, 1.54) is 141 Å². The van der Waals surface area contributed by atoms with Crippen LogP contribution in [-0.2, 0) is 14.3 Å². The first-order valence-corrected chi connectivity index (χ1v) is 22.6. The van der Waals surface area contributed by atoms with Crippen LogP contribution >= 0.6 is 0 Å². The highest BCUT2D eigenvalue weighted by atomic mass is 16.5. The third-order valence-corrected chi connectivity index (χ3v) is 10.2. The average molecular weight is 762 g/mol. The number of hydrogen-bond donors (Lipinski definition) is 6. The van der Waals surface area contributed by atoms with Gasteiger partial charge in [-0.15, -0.1) is 0 Å². The van der Waals surface area contributed by atoms with E-state index in [-0.39, 0.29) is 12.1 Å². The second-order valence-electron chi connectivity index (χ2n) is 15.5. The summed E-state index contributed by atoms with van der Waals surface area (Å²) < 4.78 is 5.93. The van der Waals surface area contributed by atoms with E-state index in [0.717, 1.165) is 44.9 Å². The van der Waals surface area contributed by atoms with Crippen LogP contribution in [0.15, 0.2) is 24.3 Å². The van der Waals surface area contributed by atoms with Crippen LogP contribution in [0.3, 0.4) is 0 Å². The number of nitrogens with two attached hydrogens (primary N) is 2. The van der Waals surface area contributed by atoms with Gasteiger partial charge in [0, 0.05) is 6.54 Å². The minimum absolute atomic E-state index is 0.135. The van der Waals surface area contributed by atoms with E-state index in [1.807, 2.05) is 0 Å². The second kappa shape index (κ2) is 40.3. The van der Waals surface area contributed by atoms with Gasteiger partial charge in [0.1, 0.15) is 6.10 Å². The first kappa shape index (κ1) is 51.6. The third-order valence-electron chi connectivity index (χ3n) is 10.2. The summed E-state index contributed by atoms with van der Waals surface area (Å²) in [4.78, 5) is 25.8. The molecule has 0 aromatic heterocycles. The summed E-state index contributed by atoms with van der Waals surface area (Å²) in [5.41, 5.74) is 11.3. The Kier molecular flexibility index (Phi) is 38.5. The van der Waals surface area contributed by atoms with Gasteiger partial charge in [-0.2, -0.15) is 0 Å². The number of nitrogens with one attached hydrogen (secondary N) is 3. The number of rotatable bonds is 40. The summed E-state index contributed by atoms with van der Waals surface area (Å²) in [5.74, 6) is -1.24. The molecule has 0 aliphatic rings. The van der Waals surface area contributed by atoms with E-state index < -0.39 is 30.6 Å². The van der Waals surface area contributed by atoms with Gasteiger partial charge in [-0.3, -0.25) is 10.2 Å². The van der Waals surface area contributed by atoms with Crippen LogP contribution < -0.4 is 22.1 Å². The van der Waals surface area contributed by atoms with Crippen molar-refractivity contribution in [3.05, 3.63) is 24.3 Å². The normalized spacial score (nSPS) is 13.3. The summed E-state index contributed by atoms with van der Waals surface area (Å²) in [7, 11) is 0. The maximum atomic E-state index is 13.1. The van der Waals surface area contributed by atoms with Gasteiger partial charge < -0.3 is 31.9 Å². The molecule has 0 fully saturated rings. The Hall–Kier alpha value is -2.39. The Morgan fingerprint density at radius 1 is 0.611 bits per heavy atom. The van der Waals surface area contributed by atoms with E-state index in [2.05, 4.69) is 48.8 Å². The quantitative estimate of drug-likeness (QED) is 0.0119. The Labute approximate surface area is 332 Å². The molecule has 3 atom stereocenters. The van der Waals surface area contributed by atoms with Gasteiger partial charge in [0.15, 0.2) is 12.0 Å². The molecule has 9 nitrogen and oxygen atoms in total. The molecule has 8 N–H and O–H groups in total. The lowest BCUT2D eigenvalue weighted by atomic mass is 10.0. The lowest BCUT2D eigenvalue weighted by Gasteiger charge is -2.23. The van der Waals surface area contributed by atoms with Gasteiger partial charge in [-0.05, 0) is 89.9 Å². The molecule has 0 spiro atoms. The first-order valence-electron chi connectivity index (χ1n) is 22.6. The number of aliphatic hydroxyl groups is 1. The number of guanidine groups is 1. The fourth-order valence-electron chi connectivity index (χ4n) is 6.70. The second-order valence-corrected chi connectivity index (χ2v) is 15.5. The zero-order valence-electron chi connectivity index (χ0n) is 35.2. The van der Waals surface area contributed by atoms with Crippen molar-refractivity contribution in [2.75, 3.05) is 13.2 Å². The van der Waals surface area contributed by atoms with Crippen molar-refractivity contribution in [2.24, 2.45) is 11.5 Å². The minimum Gasteiger partial charge on any atom is -0.461 e. The van der Waals surface area contributed by atoms with Crippen molar-refractivity contribution in [3.63, 3.8) is 0 Å². The van der Waals surface area contributed by atoms with Crippen molar-refractivity contribution in [2.45, 2.75) is 231 Å². The molecule has 9 heteroatoms. The standard InChI is InChI=1S/C45H87N5O4/c1-3-5-7-9-11-13-15-17-19-21-23-25-27-29-31-33-36-40(35-32-30-28-26-24-22-20-18-16-14-12-10-8-6-4-2)54-44(53)42(39-51)50-43(52)41(46)37-34-38-49-45(47)48/h17-20,40-42,51H,3-16,21-39,46H2,1-2H3,(H,50,52)(H4,47,48,49)/b19-17-,20-18-/t40?,41-,42-/m0/s1. The molecule has 0 bridgehead atoms. The molecular weight excluding hydrogens is 675 g/mol. The predicted molar refractivity (Wildman–Crippen MR) is 230 cm³/mol. The van der Waals surface area contributed by atoms with Crippen molar-refractivity contribution < 1.29 is 19.4 Å². The molecule has 0 saturated carbocycles. The van der Waals surface area contributed by atoms with Gasteiger partial charge >= 0.3 is 5.97 Å². The van der Waals surface area contributed by atoms with E-state index in [9.17, 15) is 14.7 Å². The monoisotopic (exact) mass is 762 g/mol. The summed E-state index contributed by atoms with van der Waals surface area (Å²) >= 11 is 0. The number of unbranched alkanes of at least 4 members (excludes halogenated alkanes) is 23. The lowest BCUT2D eigenvalue weighted by Crippen LogP contribution is -2.51. The minimum atomic E-state index is -1.14. The SMILES string of the molecule is CCCCCCCC/C=C\CCCCCCCCC(CCCCCCC/C=C\CCCCCCCC)OC(=O)[C@H](CO)NC(=O)[C@@H](N)CCCNC(=N)N. The molecular formula is C45H87N5O4. The molecule has 0 rings (SSSR count). The molecule has 1 unspecified atom stereocenters. The highest BCUT2D eigenvalue weighted by Crippen LogP contribution is 2.18. The highest BCUT2D eigenvalue weighted by Gasteiger charge is 2.26. The third kappa shape index (κ3) is 35.3. The molecule has 316 valence electrons. The fraction of sp³-hybridized carbons (Fsp3) is 0.844. The summed E-state index contributed by atoms with van der Waals surface area (Å²) in [5, 5.41) is 22.4. The molecule has 0 aromatic rings. The van der Waals surface area contributed by atoms with E-state index >= 15 is 0 Å². The molecule has 1 amide bonds. The Morgan fingerprint density at radius 2 is 1.00 bits per heavy atom. The molecule has 0 aliphatic heterocycles. The predicted octanol–water partition coefficient (Wildman–Crippen LogP) is 10.4. The Morgan fingerprint density at radius 3 is 1.39 bits per heavy atom. The average Bonchev–Trinajstić information content (AvgIpc) is 3.16. The largest absolute Gasteiger partial charge is 0.461 e. The maximum Gasteiger partial charge on any atom is 0.331 e. The van der Waals surface area contributed by atoms with E-state index in [0.29, 0.717) is 19.4 Å². The number of carbonyl (C=O) groups is 2. The van der Waals surface area contributed by atoms with Crippen LogP contribution in [0.5, 0.6) is 0 Å². The van der Waals surface area contributed by atoms with Crippen LogP contribution in [-0.4, -0.2) is 54.3 Å². The van der Waals surface area contributed by atoms with Gasteiger partial charge in [0.05, 0.1) is 12.6 Å². The first-order chi connectivity index (χ1) is 26.3. The van der Waals surface area contributed by atoms with Crippen molar-refractivity contribution in [3.8, 4) is 0 Å². The summed E-state index contributed by atoms with van der Waals surface area (Å²) in [6, 6.07) is -1.98. The van der Waals surface area contributed by atoms with Gasteiger partial charge in [-0.25, -0.2) is 4.79 Å². The number of esters is 1.